The topological polar surface area (TPSA) is 93.1 Å². The number of hydrogen-bond acceptors (Lipinski definition) is 5. The average molecular weight is 462 g/mol. The summed E-state index contributed by atoms with van der Waals surface area (Å²) in [5.74, 6) is 0.00108. The van der Waals surface area contributed by atoms with Gasteiger partial charge in [0.15, 0.2) is 0 Å². The fourth-order valence-electron chi connectivity index (χ4n) is 4.39. The Morgan fingerprint density at radius 2 is 2.09 bits per heavy atom. The summed E-state index contributed by atoms with van der Waals surface area (Å²) in [5.41, 5.74) is 3.40. The molecule has 8 heteroatoms. The van der Waals surface area contributed by atoms with Crippen molar-refractivity contribution < 1.29 is 9.59 Å². The van der Waals surface area contributed by atoms with Crippen LogP contribution >= 0.6 is 11.6 Å². The van der Waals surface area contributed by atoms with Gasteiger partial charge in [-0.05, 0) is 48.2 Å². The van der Waals surface area contributed by atoms with Gasteiger partial charge < -0.3 is 14.7 Å². The number of carbonyl (C=O) groups excluding carboxylic acids is 2. The van der Waals surface area contributed by atoms with Crippen molar-refractivity contribution in [1.29, 1.82) is 5.26 Å². The molecule has 0 bridgehead atoms. The predicted molar refractivity (Wildman–Crippen MR) is 124 cm³/mol. The molecule has 1 aliphatic heterocycles. The molecule has 1 fully saturated rings. The highest BCUT2D eigenvalue weighted by molar-refractivity contribution is 6.30. The Balaban J connectivity index is 1.57. The third-order valence-electron chi connectivity index (χ3n) is 6.01. The van der Waals surface area contributed by atoms with Crippen molar-refractivity contribution >= 4 is 23.8 Å². The molecule has 0 radical (unpaired) electrons. The first-order valence-electron chi connectivity index (χ1n) is 10.8. The average Bonchev–Trinajstić information content (AvgIpc) is 3.48. The minimum absolute atomic E-state index is 0.00108. The van der Waals surface area contributed by atoms with Gasteiger partial charge in [-0.25, -0.2) is 4.98 Å². The Kier molecular flexibility index (Phi) is 7.18. The van der Waals surface area contributed by atoms with E-state index in [1.54, 1.807) is 24.7 Å². The number of H-pyrrole nitrogens is 1. The van der Waals surface area contributed by atoms with Crippen LogP contribution in [-0.4, -0.2) is 51.1 Å². The van der Waals surface area contributed by atoms with Crippen molar-refractivity contribution in [3.05, 3.63) is 88.5 Å². The van der Waals surface area contributed by atoms with Gasteiger partial charge in [-0.1, -0.05) is 35.9 Å². The molecule has 33 heavy (non-hydrogen) atoms. The summed E-state index contributed by atoms with van der Waals surface area (Å²) in [7, 11) is 0. The van der Waals surface area contributed by atoms with Gasteiger partial charge in [-0.15, -0.1) is 0 Å². The number of aromatic amines is 1. The Morgan fingerprint density at radius 1 is 1.27 bits per heavy atom. The van der Waals surface area contributed by atoms with Crippen LogP contribution in [0.15, 0.2) is 61.1 Å². The number of amides is 1. The Morgan fingerprint density at radius 3 is 2.76 bits per heavy atom. The second-order valence-corrected chi connectivity index (χ2v) is 8.53. The van der Waals surface area contributed by atoms with Crippen molar-refractivity contribution in [2.75, 3.05) is 13.1 Å². The lowest BCUT2D eigenvalue weighted by Gasteiger charge is -2.33. The Labute approximate surface area is 197 Å². The van der Waals surface area contributed by atoms with E-state index in [1.807, 2.05) is 46.2 Å². The molecule has 0 spiro atoms. The lowest BCUT2D eigenvalue weighted by molar-refractivity contribution is -0.133. The SMILES string of the molecule is N#Cc1ccc(CC(c2cnc[nH]2)N(CC=O)[C@H]2CCN(Cc3cccc(Cl)c3)C2=O)cc1. The molecule has 2 heterocycles. The van der Waals surface area contributed by atoms with Gasteiger partial charge in [0.25, 0.3) is 0 Å². The number of aromatic nitrogens is 2. The molecule has 4 rings (SSSR count). The van der Waals surface area contributed by atoms with E-state index in [0.717, 1.165) is 23.1 Å². The van der Waals surface area contributed by atoms with Gasteiger partial charge in [-0.2, -0.15) is 5.26 Å². The smallest absolute Gasteiger partial charge is 0.240 e. The Bertz CT molecular complexity index is 1140. The number of benzene rings is 2. The number of likely N-dealkylation sites (tertiary alicyclic amines) is 1. The van der Waals surface area contributed by atoms with Crippen LogP contribution in [0.2, 0.25) is 5.02 Å². The van der Waals surface area contributed by atoms with Gasteiger partial charge in [0.05, 0.1) is 42.3 Å². The largest absolute Gasteiger partial charge is 0.347 e. The number of nitriles is 1. The number of nitrogens with one attached hydrogen (secondary N) is 1. The van der Waals surface area contributed by atoms with Crippen LogP contribution in [0, 0.1) is 11.3 Å². The molecule has 1 N–H and O–H groups in total. The summed E-state index contributed by atoms with van der Waals surface area (Å²) >= 11 is 6.10. The van der Waals surface area contributed by atoms with Crippen LogP contribution in [0.3, 0.4) is 0 Å². The minimum Gasteiger partial charge on any atom is -0.347 e. The van der Waals surface area contributed by atoms with Gasteiger partial charge in [0.1, 0.15) is 6.29 Å². The zero-order valence-corrected chi connectivity index (χ0v) is 18.8. The number of rotatable bonds is 9. The second kappa shape index (κ2) is 10.4. The molecule has 2 atom stereocenters. The van der Waals surface area contributed by atoms with Crippen LogP contribution in [0.1, 0.15) is 34.8 Å². The zero-order chi connectivity index (χ0) is 23.2. The first kappa shape index (κ1) is 22.7. The molecule has 1 saturated heterocycles. The molecular weight excluding hydrogens is 438 g/mol. The highest BCUT2D eigenvalue weighted by Gasteiger charge is 2.39. The first-order valence-corrected chi connectivity index (χ1v) is 11.2. The van der Waals surface area contributed by atoms with Gasteiger partial charge in [0.2, 0.25) is 5.91 Å². The van der Waals surface area contributed by atoms with Crippen LogP contribution in [-0.2, 0) is 22.6 Å². The fourth-order valence-corrected chi connectivity index (χ4v) is 4.61. The number of nitrogens with zero attached hydrogens (tertiary/aromatic N) is 4. The molecule has 0 saturated carbocycles. The molecule has 1 amide bonds. The van der Waals surface area contributed by atoms with Crippen LogP contribution < -0.4 is 0 Å². The number of aldehydes is 1. The first-order chi connectivity index (χ1) is 16.1. The molecule has 1 aromatic heterocycles. The van der Waals surface area contributed by atoms with E-state index in [-0.39, 0.29) is 18.5 Å². The quantitative estimate of drug-likeness (QED) is 0.492. The summed E-state index contributed by atoms with van der Waals surface area (Å²) in [6.07, 6.45) is 5.37. The maximum absolute atomic E-state index is 13.4. The lowest BCUT2D eigenvalue weighted by atomic mass is 9.99. The van der Waals surface area contributed by atoms with E-state index in [4.69, 9.17) is 16.9 Å². The van der Waals surface area contributed by atoms with Gasteiger partial charge in [0, 0.05) is 24.3 Å². The molecular formula is C25H24ClN5O2. The third-order valence-corrected chi connectivity index (χ3v) is 6.24. The highest BCUT2D eigenvalue weighted by atomic mass is 35.5. The zero-order valence-electron chi connectivity index (χ0n) is 18.0. The van der Waals surface area contributed by atoms with Gasteiger partial charge >= 0.3 is 0 Å². The molecule has 7 nitrogen and oxygen atoms in total. The summed E-state index contributed by atoms with van der Waals surface area (Å²) in [6, 6.07) is 16.3. The molecule has 3 aromatic rings. The Hall–Kier alpha value is -3.47. The monoisotopic (exact) mass is 461 g/mol. The maximum Gasteiger partial charge on any atom is 0.240 e. The summed E-state index contributed by atoms with van der Waals surface area (Å²) < 4.78 is 0. The van der Waals surface area contributed by atoms with Crippen LogP contribution in [0.5, 0.6) is 0 Å². The van der Waals surface area contributed by atoms with Crippen LogP contribution in [0.4, 0.5) is 0 Å². The number of imidazole rings is 1. The number of carbonyl (C=O) groups is 2. The molecule has 1 aliphatic rings. The van der Waals surface area contributed by atoms with E-state index in [2.05, 4.69) is 16.0 Å². The van der Waals surface area contributed by atoms with Crippen LogP contribution in [0.25, 0.3) is 0 Å². The maximum atomic E-state index is 13.4. The summed E-state index contributed by atoms with van der Waals surface area (Å²) in [4.78, 5) is 36.1. The normalized spacial score (nSPS) is 16.7. The number of hydrogen-bond donors (Lipinski definition) is 1. The van der Waals surface area contributed by atoms with Crippen molar-refractivity contribution in [2.24, 2.45) is 0 Å². The molecule has 168 valence electrons. The van der Waals surface area contributed by atoms with E-state index in [0.29, 0.717) is 36.5 Å². The van der Waals surface area contributed by atoms with Gasteiger partial charge in [-0.3, -0.25) is 9.69 Å². The summed E-state index contributed by atoms with van der Waals surface area (Å²) in [5, 5.41) is 9.72. The minimum atomic E-state index is -0.416. The lowest BCUT2D eigenvalue weighted by Crippen LogP contribution is -2.45. The van der Waals surface area contributed by atoms with Crippen molar-refractivity contribution in [3.63, 3.8) is 0 Å². The number of halogens is 1. The van der Waals surface area contributed by atoms with Crippen molar-refractivity contribution in [1.82, 2.24) is 19.8 Å². The molecule has 2 aromatic carbocycles. The predicted octanol–water partition coefficient (Wildman–Crippen LogP) is 3.52. The van der Waals surface area contributed by atoms with E-state index >= 15 is 0 Å². The van der Waals surface area contributed by atoms with Crippen molar-refractivity contribution in [3.8, 4) is 6.07 Å². The summed E-state index contributed by atoms with van der Waals surface area (Å²) in [6.45, 7) is 1.22. The highest BCUT2D eigenvalue weighted by Crippen LogP contribution is 2.30. The van der Waals surface area contributed by atoms with E-state index in [1.165, 1.54) is 0 Å². The molecule has 0 aliphatic carbocycles. The second-order valence-electron chi connectivity index (χ2n) is 8.09. The third kappa shape index (κ3) is 5.30. The van der Waals surface area contributed by atoms with Crippen molar-refractivity contribution in [2.45, 2.75) is 31.5 Å². The molecule has 1 unspecified atom stereocenters. The van der Waals surface area contributed by atoms with E-state index in [9.17, 15) is 9.59 Å². The fraction of sp³-hybridized carbons (Fsp3) is 0.280. The van der Waals surface area contributed by atoms with E-state index < -0.39 is 6.04 Å². The standard InChI is InChI=1S/C25H24ClN5O2/c26-21-3-1-2-20(12-21)16-30-9-8-23(25(30)33)31(10-11-32)24(22-15-28-17-29-22)13-18-4-6-19(14-27)7-5-18/h1-7,11-12,15,17,23-24H,8-10,13,16H2,(H,28,29)/t23-,24?/m0/s1.